The molecule has 0 spiro atoms. The Kier molecular flexibility index (Phi) is 7.25. The van der Waals surface area contributed by atoms with E-state index in [2.05, 4.69) is 10.6 Å². The van der Waals surface area contributed by atoms with E-state index in [1.54, 1.807) is 7.11 Å². The fourth-order valence-electron chi connectivity index (χ4n) is 2.31. The molecule has 19 heavy (non-hydrogen) atoms. The number of methoxy groups -OCH3 is 1. The molecular weight excluding hydrogens is 248 g/mol. The van der Waals surface area contributed by atoms with E-state index in [1.807, 2.05) is 0 Å². The van der Waals surface area contributed by atoms with Gasteiger partial charge < -0.3 is 20.5 Å². The summed E-state index contributed by atoms with van der Waals surface area (Å²) in [4.78, 5) is 21.7. The lowest BCUT2D eigenvalue weighted by atomic mass is 9.87. The highest BCUT2D eigenvalue weighted by Crippen LogP contribution is 2.25. The Morgan fingerprint density at radius 1 is 1.21 bits per heavy atom. The van der Waals surface area contributed by atoms with E-state index < -0.39 is 5.97 Å². The van der Waals surface area contributed by atoms with Crippen LogP contribution in [0.15, 0.2) is 0 Å². The first-order valence-electron chi connectivity index (χ1n) is 6.88. The quantitative estimate of drug-likeness (QED) is 0.611. The number of hydrogen-bond acceptors (Lipinski definition) is 3. The van der Waals surface area contributed by atoms with Crippen molar-refractivity contribution in [3.63, 3.8) is 0 Å². The van der Waals surface area contributed by atoms with Gasteiger partial charge in [-0.05, 0) is 38.0 Å². The van der Waals surface area contributed by atoms with Gasteiger partial charge in [-0.25, -0.2) is 4.79 Å². The van der Waals surface area contributed by atoms with Crippen LogP contribution in [0.1, 0.15) is 38.5 Å². The molecule has 0 unspecified atom stereocenters. The predicted molar refractivity (Wildman–Crippen MR) is 71.0 cm³/mol. The summed E-state index contributed by atoms with van der Waals surface area (Å²) >= 11 is 0. The predicted octanol–water partition coefficient (Wildman–Crippen LogP) is 1.36. The van der Waals surface area contributed by atoms with Crippen molar-refractivity contribution >= 4 is 12.0 Å². The molecule has 0 aromatic rings. The average molecular weight is 272 g/mol. The van der Waals surface area contributed by atoms with E-state index in [1.165, 1.54) is 0 Å². The van der Waals surface area contributed by atoms with Gasteiger partial charge in [-0.1, -0.05) is 0 Å². The minimum atomic E-state index is -0.836. The number of urea groups is 1. The van der Waals surface area contributed by atoms with Crippen LogP contribution in [0.5, 0.6) is 0 Å². The first-order chi connectivity index (χ1) is 9.11. The largest absolute Gasteiger partial charge is 0.481 e. The van der Waals surface area contributed by atoms with Gasteiger partial charge in [0.2, 0.25) is 0 Å². The third-order valence-electron chi connectivity index (χ3n) is 3.53. The van der Waals surface area contributed by atoms with E-state index in [-0.39, 0.29) is 12.5 Å². The summed E-state index contributed by atoms with van der Waals surface area (Å²) in [6, 6.07) is -0.209. The van der Waals surface area contributed by atoms with Crippen molar-refractivity contribution in [1.29, 1.82) is 0 Å². The van der Waals surface area contributed by atoms with E-state index >= 15 is 0 Å². The molecule has 0 saturated heterocycles. The molecule has 0 heterocycles. The van der Waals surface area contributed by atoms with Crippen LogP contribution in [0, 0.1) is 5.92 Å². The van der Waals surface area contributed by atoms with Crippen molar-refractivity contribution < 1.29 is 19.4 Å². The summed E-state index contributed by atoms with van der Waals surface area (Å²) in [7, 11) is 1.74. The molecule has 2 amide bonds. The fourth-order valence-corrected chi connectivity index (χ4v) is 2.31. The van der Waals surface area contributed by atoms with Crippen LogP contribution in [0.4, 0.5) is 4.79 Å². The van der Waals surface area contributed by atoms with Crippen LogP contribution >= 0.6 is 0 Å². The molecule has 1 saturated carbocycles. The maximum absolute atomic E-state index is 11.5. The van der Waals surface area contributed by atoms with Gasteiger partial charge in [0, 0.05) is 26.6 Å². The van der Waals surface area contributed by atoms with Gasteiger partial charge >= 0.3 is 12.0 Å². The van der Waals surface area contributed by atoms with Crippen LogP contribution in [0.2, 0.25) is 0 Å². The molecule has 1 aliphatic rings. The Hall–Kier alpha value is -1.30. The number of aliphatic carboxylic acids is 1. The highest BCUT2D eigenvalue weighted by Gasteiger charge is 2.20. The molecule has 1 rings (SSSR count). The van der Waals surface area contributed by atoms with Crippen molar-refractivity contribution in [2.75, 3.05) is 20.2 Å². The van der Waals surface area contributed by atoms with Gasteiger partial charge in [0.1, 0.15) is 0 Å². The van der Waals surface area contributed by atoms with Crippen molar-refractivity contribution in [2.24, 2.45) is 5.92 Å². The molecule has 0 radical (unpaired) electrons. The van der Waals surface area contributed by atoms with Gasteiger partial charge in [0.15, 0.2) is 0 Å². The molecule has 0 atom stereocenters. The number of ether oxygens (including phenoxy) is 1. The average Bonchev–Trinajstić information content (AvgIpc) is 2.41. The highest BCUT2D eigenvalue weighted by molar-refractivity contribution is 5.73. The summed E-state index contributed by atoms with van der Waals surface area (Å²) in [5.41, 5.74) is 0. The minimum Gasteiger partial charge on any atom is -0.481 e. The van der Waals surface area contributed by atoms with E-state index in [9.17, 15) is 9.59 Å². The second kappa shape index (κ2) is 8.74. The first-order valence-corrected chi connectivity index (χ1v) is 6.88. The Bertz CT molecular complexity index is 288. The molecule has 6 heteroatoms. The third kappa shape index (κ3) is 7.00. The van der Waals surface area contributed by atoms with Gasteiger partial charge in [-0.3, -0.25) is 4.79 Å². The fraction of sp³-hybridized carbons (Fsp3) is 0.846. The van der Waals surface area contributed by atoms with Crippen molar-refractivity contribution in [1.82, 2.24) is 10.6 Å². The Morgan fingerprint density at radius 2 is 1.89 bits per heavy atom. The summed E-state index contributed by atoms with van der Waals surface area (Å²) in [5, 5.41) is 13.9. The minimum absolute atomic E-state index is 0.0846. The Morgan fingerprint density at radius 3 is 2.47 bits per heavy atom. The molecule has 3 N–H and O–H groups in total. The molecule has 6 nitrogen and oxygen atoms in total. The number of carboxylic acids is 1. The monoisotopic (exact) mass is 272 g/mol. The van der Waals surface area contributed by atoms with Crippen LogP contribution in [-0.4, -0.2) is 43.4 Å². The molecule has 1 aliphatic carbocycles. The number of hydrogen-bond donors (Lipinski definition) is 3. The number of amides is 2. The normalized spacial score (nSPS) is 22.8. The summed E-state index contributed by atoms with van der Waals surface area (Å²) in [6.07, 6.45) is 5.20. The van der Waals surface area contributed by atoms with E-state index in [0.29, 0.717) is 31.5 Å². The highest BCUT2D eigenvalue weighted by atomic mass is 16.5. The molecule has 110 valence electrons. The second-order valence-electron chi connectivity index (χ2n) is 5.01. The molecular formula is C13H24N2O4. The molecule has 0 aliphatic heterocycles. The van der Waals surface area contributed by atoms with Gasteiger partial charge in [0.25, 0.3) is 0 Å². The molecule has 1 fully saturated rings. The summed E-state index contributed by atoms with van der Waals surface area (Å²) in [6.45, 7) is 1.08. The zero-order valence-electron chi connectivity index (χ0n) is 11.5. The van der Waals surface area contributed by atoms with E-state index in [4.69, 9.17) is 9.84 Å². The van der Waals surface area contributed by atoms with Crippen LogP contribution in [0.3, 0.4) is 0 Å². The van der Waals surface area contributed by atoms with Crippen molar-refractivity contribution in [2.45, 2.75) is 44.6 Å². The van der Waals surface area contributed by atoms with Crippen LogP contribution < -0.4 is 10.6 Å². The van der Waals surface area contributed by atoms with Gasteiger partial charge in [-0.15, -0.1) is 0 Å². The second-order valence-corrected chi connectivity index (χ2v) is 5.01. The smallest absolute Gasteiger partial charge is 0.314 e. The lowest BCUT2D eigenvalue weighted by Gasteiger charge is -2.27. The van der Waals surface area contributed by atoms with Gasteiger partial charge in [-0.2, -0.15) is 0 Å². The summed E-state index contributed by atoms with van der Waals surface area (Å²) < 4.78 is 5.30. The lowest BCUT2D eigenvalue weighted by molar-refractivity contribution is -0.137. The number of nitrogens with one attached hydrogen (secondary N) is 2. The molecule has 0 aromatic heterocycles. The summed E-state index contributed by atoms with van der Waals surface area (Å²) in [5.74, 6) is -0.312. The molecule has 0 aromatic carbocycles. The zero-order chi connectivity index (χ0) is 14.1. The first kappa shape index (κ1) is 15.8. The lowest BCUT2D eigenvalue weighted by Crippen LogP contribution is -2.39. The van der Waals surface area contributed by atoms with E-state index in [0.717, 1.165) is 25.7 Å². The number of carboxylic acid groups (broad SMARTS) is 1. The number of rotatable bonds is 7. The van der Waals surface area contributed by atoms with Crippen molar-refractivity contribution in [3.05, 3.63) is 0 Å². The maximum atomic E-state index is 11.5. The maximum Gasteiger partial charge on any atom is 0.314 e. The Labute approximate surface area is 113 Å². The Balaban J connectivity index is 2.02. The van der Waals surface area contributed by atoms with Crippen molar-refractivity contribution in [3.8, 4) is 0 Å². The van der Waals surface area contributed by atoms with Gasteiger partial charge in [0.05, 0.1) is 6.10 Å². The topological polar surface area (TPSA) is 87.7 Å². The standard InChI is InChI=1S/C13H24N2O4/c1-19-11-6-4-10(5-7-11)9-15-13(18)14-8-2-3-12(16)17/h10-11H,2-9H2,1H3,(H,16,17)(H2,14,15,18). The van der Waals surface area contributed by atoms with Crippen LogP contribution in [0.25, 0.3) is 0 Å². The zero-order valence-corrected chi connectivity index (χ0v) is 11.5. The number of carbonyl (C=O) groups excluding carboxylic acids is 1. The number of carbonyl (C=O) groups is 2. The van der Waals surface area contributed by atoms with Crippen LogP contribution in [-0.2, 0) is 9.53 Å². The molecule has 0 bridgehead atoms. The third-order valence-corrected chi connectivity index (χ3v) is 3.53. The SMILES string of the molecule is COC1CCC(CNC(=O)NCCCC(=O)O)CC1.